The van der Waals surface area contributed by atoms with Crippen LogP contribution in [0.15, 0.2) is 24.3 Å². The number of hydrogen-bond acceptors (Lipinski definition) is 2. The summed E-state index contributed by atoms with van der Waals surface area (Å²) in [6.07, 6.45) is 4.43. The van der Waals surface area contributed by atoms with Gasteiger partial charge in [0.25, 0.3) is 0 Å². The molecule has 0 bridgehead atoms. The fourth-order valence-corrected chi connectivity index (χ4v) is 3.41. The maximum absolute atomic E-state index is 12.2. The molecule has 5 nitrogen and oxygen atoms in total. The Labute approximate surface area is 135 Å². The van der Waals surface area contributed by atoms with Crippen molar-refractivity contribution in [2.45, 2.75) is 44.3 Å². The first kappa shape index (κ1) is 15.2. The third-order valence-corrected chi connectivity index (χ3v) is 4.61. The van der Waals surface area contributed by atoms with Crippen molar-refractivity contribution in [1.29, 1.82) is 0 Å². The standard InChI is InChI=1S/C16H20ClN3O2/c17-12-5-3-4-11(8-12)9-18-15(21)14-10-20(16(22)19-14)13-6-1-2-7-13/h3-5,8,13-14H,1-2,6-7,9-10H2,(H,18,21)(H,19,22). The second-order valence-electron chi connectivity index (χ2n) is 5.94. The molecule has 118 valence electrons. The van der Waals surface area contributed by atoms with Crippen molar-refractivity contribution in [2.75, 3.05) is 6.54 Å². The fourth-order valence-electron chi connectivity index (χ4n) is 3.20. The van der Waals surface area contributed by atoms with E-state index >= 15 is 0 Å². The average molecular weight is 322 g/mol. The molecule has 6 heteroatoms. The summed E-state index contributed by atoms with van der Waals surface area (Å²) in [4.78, 5) is 26.1. The number of urea groups is 1. The van der Waals surface area contributed by atoms with Crippen LogP contribution >= 0.6 is 11.6 Å². The number of rotatable bonds is 4. The van der Waals surface area contributed by atoms with Crippen LogP contribution < -0.4 is 10.6 Å². The zero-order valence-electron chi connectivity index (χ0n) is 12.3. The van der Waals surface area contributed by atoms with E-state index in [0.717, 1.165) is 18.4 Å². The number of benzene rings is 1. The van der Waals surface area contributed by atoms with Gasteiger partial charge in [0, 0.05) is 17.6 Å². The molecule has 0 aromatic heterocycles. The predicted molar refractivity (Wildman–Crippen MR) is 84.6 cm³/mol. The first-order chi connectivity index (χ1) is 10.6. The number of halogens is 1. The highest BCUT2D eigenvalue weighted by molar-refractivity contribution is 6.30. The molecule has 22 heavy (non-hydrogen) atoms. The second-order valence-corrected chi connectivity index (χ2v) is 6.38. The van der Waals surface area contributed by atoms with Gasteiger partial charge in [-0.25, -0.2) is 4.79 Å². The van der Waals surface area contributed by atoms with Crippen LogP contribution in [0.1, 0.15) is 31.2 Å². The molecule has 2 N–H and O–H groups in total. The van der Waals surface area contributed by atoms with E-state index in [1.165, 1.54) is 12.8 Å². The lowest BCUT2D eigenvalue weighted by atomic mass is 10.2. The minimum Gasteiger partial charge on any atom is -0.350 e. The zero-order chi connectivity index (χ0) is 15.5. The minimum atomic E-state index is -0.465. The number of carbonyl (C=O) groups is 2. The smallest absolute Gasteiger partial charge is 0.318 e. The lowest BCUT2D eigenvalue weighted by molar-refractivity contribution is -0.122. The Morgan fingerprint density at radius 1 is 1.36 bits per heavy atom. The predicted octanol–water partition coefficient (Wildman–Crippen LogP) is 2.29. The van der Waals surface area contributed by atoms with Gasteiger partial charge in [0.1, 0.15) is 6.04 Å². The van der Waals surface area contributed by atoms with Gasteiger partial charge in [-0.05, 0) is 30.5 Å². The highest BCUT2D eigenvalue weighted by Gasteiger charge is 2.37. The highest BCUT2D eigenvalue weighted by Crippen LogP contribution is 2.25. The molecule has 0 spiro atoms. The van der Waals surface area contributed by atoms with Crippen molar-refractivity contribution >= 4 is 23.5 Å². The van der Waals surface area contributed by atoms with Crippen molar-refractivity contribution in [1.82, 2.24) is 15.5 Å². The third-order valence-electron chi connectivity index (χ3n) is 4.38. The van der Waals surface area contributed by atoms with Crippen molar-refractivity contribution < 1.29 is 9.59 Å². The Balaban J connectivity index is 1.53. The molecular formula is C16H20ClN3O2. The highest BCUT2D eigenvalue weighted by atomic mass is 35.5. The molecule has 1 saturated heterocycles. The molecule has 1 aliphatic carbocycles. The first-order valence-electron chi connectivity index (χ1n) is 7.73. The van der Waals surface area contributed by atoms with Crippen LogP contribution in [0, 0.1) is 0 Å². The van der Waals surface area contributed by atoms with Gasteiger partial charge in [0.05, 0.1) is 6.54 Å². The van der Waals surface area contributed by atoms with Crippen LogP contribution in [-0.2, 0) is 11.3 Å². The van der Waals surface area contributed by atoms with Gasteiger partial charge in [0.2, 0.25) is 5.91 Å². The van der Waals surface area contributed by atoms with Crippen LogP contribution in [0.3, 0.4) is 0 Å². The Morgan fingerprint density at radius 2 is 2.14 bits per heavy atom. The van der Waals surface area contributed by atoms with Crippen LogP contribution in [0.4, 0.5) is 4.79 Å². The molecule has 1 unspecified atom stereocenters. The Morgan fingerprint density at radius 3 is 2.86 bits per heavy atom. The maximum atomic E-state index is 12.2. The summed E-state index contributed by atoms with van der Waals surface area (Å²) in [6.45, 7) is 0.875. The zero-order valence-corrected chi connectivity index (χ0v) is 13.1. The summed E-state index contributed by atoms with van der Waals surface area (Å²) < 4.78 is 0. The lowest BCUT2D eigenvalue weighted by Crippen LogP contribution is -2.42. The van der Waals surface area contributed by atoms with Crippen LogP contribution in [0.5, 0.6) is 0 Å². The van der Waals surface area contributed by atoms with Gasteiger partial charge in [-0.15, -0.1) is 0 Å². The normalized spacial score (nSPS) is 22.0. The van der Waals surface area contributed by atoms with Gasteiger partial charge in [-0.3, -0.25) is 4.79 Å². The van der Waals surface area contributed by atoms with Gasteiger partial charge >= 0.3 is 6.03 Å². The minimum absolute atomic E-state index is 0.116. The number of carbonyl (C=O) groups excluding carboxylic acids is 2. The van der Waals surface area contributed by atoms with Gasteiger partial charge < -0.3 is 15.5 Å². The average Bonchev–Trinajstić information content (AvgIpc) is 3.14. The first-order valence-corrected chi connectivity index (χ1v) is 8.10. The van der Waals surface area contributed by atoms with E-state index in [0.29, 0.717) is 24.2 Å². The molecule has 1 aliphatic heterocycles. The summed E-state index contributed by atoms with van der Waals surface area (Å²) >= 11 is 5.92. The molecule has 2 aliphatic rings. The van der Waals surface area contributed by atoms with Crippen molar-refractivity contribution in [2.24, 2.45) is 0 Å². The topological polar surface area (TPSA) is 61.4 Å². The number of hydrogen-bond donors (Lipinski definition) is 2. The van der Waals surface area contributed by atoms with E-state index in [2.05, 4.69) is 10.6 Å². The molecule has 1 aromatic rings. The summed E-state index contributed by atoms with van der Waals surface area (Å²) in [5.74, 6) is -0.145. The maximum Gasteiger partial charge on any atom is 0.318 e. The van der Waals surface area contributed by atoms with Crippen LogP contribution in [0.2, 0.25) is 5.02 Å². The van der Waals surface area contributed by atoms with Gasteiger partial charge in [-0.2, -0.15) is 0 Å². The molecule has 3 rings (SSSR count). The Kier molecular flexibility index (Phi) is 4.52. The van der Waals surface area contributed by atoms with Crippen LogP contribution in [0.25, 0.3) is 0 Å². The van der Waals surface area contributed by atoms with E-state index in [1.807, 2.05) is 23.1 Å². The molecule has 1 heterocycles. The number of nitrogens with zero attached hydrogens (tertiary/aromatic N) is 1. The van der Waals surface area contributed by atoms with E-state index in [4.69, 9.17) is 11.6 Å². The molecule has 1 saturated carbocycles. The Bertz CT molecular complexity index is 572. The summed E-state index contributed by atoms with van der Waals surface area (Å²) in [5, 5.41) is 6.28. The largest absolute Gasteiger partial charge is 0.350 e. The van der Waals surface area contributed by atoms with Crippen LogP contribution in [-0.4, -0.2) is 35.5 Å². The number of amides is 3. The second kappa shape index (κ2) is 6.57. The molecule has 3 amide bonds. The van der Waals surface area contributed by atoms with Gasteiger partial charge in [-0.1, -0.05) is 36.6 Å². The van der Waals surface area contributed by atoms with E-state index < -0.39 is 6.04 Å². The van der Waals surface area contributed by atoms with E-state index in [-0.39, 0.29) is 11.9 Å². The third kappa shape index (κ3) is 3.35. The quantitative estimate of drug-likeness (QED) is 0.894. The lowest BCUT2D eigenvalue weighted by Gasteiger charge is -2.22. The molecule has 1 atom stereocenters. The molecule has 1 aromatic carbocycles. The molecule has 0 radical (unpaired) electrons. The van der Waals surface area contributed by atoms with Gasteiger partial charge in [0.15, 0.2) is 0 Å². The van der Waals surface area contributed by atoms with Crippen molar-refractivity contribution in [3.63, 3.8) is 0 Å². The summed E-state index contributed by atoms with van der Waals surface area (Å²) in [7, 11) is 0. The Hall–Kier alpha value is -1.75. The summed E-state index contributed by atoms with van der Waals surface area (Å²) in [6, 6.07) is 7.09. The number of nitrogens with one attached hydrogen (secondary N) is 2. The van der Waals surface area contributed by atoms with E-state index in [1.54, 1.807) is 6.07 Å². The van der Waals surface area contributed by atoms with Crippen molar-refractivity contribution in [3.05, 3.63) is 34.9 Å². The van der Waals surface area contributed by atoms with Crippen molar-refractivity contribution in [3.8, 4) is 0 Å². The molecule has 2 fully saturated rings. The monoisotopic (exact) mass is 321 g/mol. The SMILES string of the molecule is O=C(NCc1cccc(Cl)c1)C1CN(C2CCCC2)C(=O)N1. The van der Waals surface area contributed by atoms with E-state index in [9.17, 15) is 9.59 Å². The fraction of sp³-hybridized carbons (Fsp3) is 0.500. The summed E-state index contributed by atoms with van der Waals surface area (Å²) in [5.41, 5.74) is 0.942. The molecular weight excluding hydrogens is 302 g/mol.